The Kier molecular flexibility index (Phi) is 4.74. The molecular weight excluding hydrogens is 274 g/mol. The summed E-state index contributed by atoms with van der Waals surface area (Å²) in [7, 11) is 2.07. The second-order valence-corrected chi connectivity index (χ2v) is 5.44. The molecule has 0 saturated carbocycles. The maximum absolute atomic E-state index is 11.2. The van der Waals surface area contributed by atoms with Gasteiger partial charge in [-0.2, -0.15) is 0 Å². The Labute approximate surface area is 122 Å². The van der Waals surface area contributed by atoms with Crippen molar-refractivity contribution in [1.29, 1.82) is 0 Å². The summed E-state index contributed by atoms with van der Waals surface area (Å²) < 4.78 is 0. The van der Waals surface area contributed by atoms with Crippen molar-refractivity contribution in [3.63, 3.8) is 0 Å². The van der Waals surface area contributed by atoms with E-state index >= 15 is 0 Å². The van der Waals surface area contributed by atoms with E-state index < -0.39 is 10.9 Å². The van der Waals surface area contributed by atoms with Crippen molar-refractivity contribution in [2.75, 3.05) is 32.0 Å². The van der Waals surface area contributed by atoms with Gasteiger partial charge in [0.2, 0.25) is 0 Å². The van der Waals surface area contributed by atoms with E-state index in [1.165, 1.54) is 12.1 Å². The summed E-state index contributed by atoms with van der Waals surface area (Å²) in [5.74, 6) is -0.706. The molecule has 0 bridgehead atoms. The van der Waals surface area contributed by atoms with Crippen molar-refractivity contribution in [1.82, 2.24) is 4.90 Å². The Balaban J connectivity index is 2.08. The van der Waals surface area contributed by atoms with Crippen LogP contribution in [0.15, 0.2) is 18.2 Å². The zero-order chi connectivity index (χ0) is 15.4. The van der Waals surface area contributed by atoms with Gasteiger partial charge in [0.25, 0.3) is 5.69 Å². The number of aromatic carboxylic acids is 1. The molecule has 1 heterocycles. The van der Waals surface area contributed by atoms with Crippen LogP contribution in [0, 0.1) is 16.0 Å². The van der Waals surface area contributed by atoms with E-state index in [1.807, 2.05) is 0 Å². The van der Waals surface area contributed by atoms with Gasteiger partial charge in [-0.1, -0.05) is 0 Å². The zero-order valence-corrected chi connectivity index (χ0v) is 11.9. The van der Waals surface area contributed by atoms with Crippen LogP contribution in [0.5, 0.6) is 0 Å². The fourth-order valence-corrected chi connectivity index (χ4v) is 2.67. The SMILES string of the molecule is CN1CCCC(CNc2ccc([N+](=O)[O-])cc2C(=O)O)C1. The van der Waals surface area contributed by atoms with Crippen LogP contribution in [0.25, 0.3) is 0 Å². The molecule has 21 heavy (non-hydrogen) atoms. The lowest BCUT2D eigenvalue weighted by molar-refractivity contribution is -0.384. The summed E-state index contributed by atoms with van der Waals surface area (Å²) >= 11 is 0. The van der Waals surface area contributed by atoms with Gasteiger partial charge in [-0.15, -0.1) is 0 Å². The van der Waals surface area contributed by atoms with Gasteiger partial charge >= 0.3 is 5.97 Å². The van der Waals surface area contributed by atoms with Crippen LogP contribution in [0.3, 0.4) is 0 Å². The molecule has 0 aliphatic carbocycles. The van der Waals surface area contributed by atoms with E-state index in [9.17, 15) is 20.0 Å². The lowest BCUT2D eigenvalue weighted by atomic mass is 9.98. The Morgan fingerprint density at radius 1 is 1.57 bits per heavy atom. The van der Waals surface area contributed by atoms with Gasteiger partial charge in [-0.3, -0.25) is 10.1 Å². The van der Waals surface area contributed by atoms with E-state index in [1.54, 1.807) is 0 Å². The number of non-ortho nitro benzene ring substituents is 1. The van der Waals surface area contributed by atoms with Gasteiger partial charge in [-0.05, 0) is 38.4 Å². The molecule has 1 aliphatic heterocycles. The number of likely N-dealkylation sites (tertiary alicyclic amines) is 1. The van der Waals surface area contributed by atoms with Crippen LogP contribution < -0.4 is 5.32 Å². The molecule has 7 heteroatoms. The first-order valence-corrected chi connectivity index (χ1v) is 6.91. The van der Waals surface area contributed by atoms with Crippen molar-refractivity contribution in [3.05, 3.63) is 33.9 Å². The molecule has 1 saturated heterocycles. The highest BCUT2D eigenvalue weighted by atomic mass is 16.6. The van der Waals surface area contributed by atoms with Crippen molar-refractivity contribution in [2.45, 2.75) is 12.8 Å². The van der Waals surface area contributed by atoms with Gasteiger partial charge in [-0.25, -0.2) is 4.79 Å². The van der Waals surface area contributed by atoms with Crippen LogP contribution in [0.1, 0.15) is 23.2 Å². The molecule has 1 fully saturated rings. The molecule has 0 amide bonds. The van der Waals surface area contributed by atoms with Gasteiger partial charge in [0.05, 0.1) is 10.5 Å². The fourth-order valence-electron chi connectivity index (χ4n) is 2.67. The largest absolute Gasteiger partial charge is 0.478 e. The molecule has 1 atom stereocenters. The number of carboxylic acid groups (broad SMARTS) is 1. The standard InChI is InChI=1S/C14H19N3O4/c1-16-6-2-3-10(9-16)8-15-13-5-4-11(17(20)21)7-12(13)14(18)19/h4-5,7,10,15H,2-3,6,8-9H2,1H3,(H,18,19). The number of piperidine rings is 1. The first-order chi connectivity index (χ1) is 9.97. The van der Waals surface area contributed by atoms with Crippen molar-refractivity contribution in [2.24, 2.45) is 5.92 Å². The molecule has 0 spiro atoms. The van der Waals surface area contributed by atoms with Crippen molar-refractivity contribution < 1.29 is 14.8 Å². The number of carbonyl (C=O) groups is 1. The molecule has 1 aromatic carbocycles. The van der Waals surface area contributed by atoms with Crippen LogP contribution in [-0.4, -0.2) is 47.6 Å². The first-order valence-electron chi connectivity index (χ1n) is 6.91. The van der Waals surface area contributed by atoms with E-state index in [2.05, 4.69) is 17.3 Å². The minimum absolute atomic E-state index is 0.0617. The van der Waals surface area contributed by atoms with Crippen LogP contribution in [0.2, 0.25) is 0 Å². The maximum atomic E-state index is 11.2. The lowest BCUT2D eigenvalue weighted by Gasteiger charge is -2.30. The minimum atomic E-state index is -1.16. The predicted octanol–water partition coefficient (Wildman–Crippen LogP) is 2.05. The number of hydrogen-bond acceptors (Lipinski definition) is 5. The number of hydrogen-bond donors (Lipinski definition) is 2. The predicted molar refractivity (Wildman–Crippen MR) is 78.8 cm³/mol. The summed E-state index contributed by atoms with van der Waals surface area (Å²) in [4.78, 5) is 23.6. The molecule has 0 radical (unpaired) electrons. The minimum Gasteiger partial charge on any atom is -0.478 e. The van der Waals surface area contributed by atoms with Crippen LogP contribution >= 0.6 is 0 Å². The smallest absolute Gasteiger partial charge is 0.338 e. The molecule has 0 aromatic heterocycles. The van der Waals surface area contributed by atoms with E-state index in [-0.39, 0.29) is 11.3 Å². The van der Waals surface area contributed by atoms with Crippen molar-refractivity contribution >= 4 is 17.3 Å². The number of anilines is 1. The molecular formula is C14H19N3O4. The number of rotatable bonds is 5. The Bertz CT molecular complexity index is 547. The quantitative estimate of drug-likeness (QED) is 0.637. The summed E-state index contributed by atoms with van der Waals surface area (Å²) in [6, 6.07) is 3.88. The van der Waals surface area contributed by atoms with Gasteiger partial charge in [0.1, 0.15) is 0 Å². The summed E-state index contributed by atoms with van der Waals surface area (Å²) in [5, 5.41) is 23.0. The average molecular weight is 293 g/mol. The highest BCUT2D eigenvalue weighted by molar-refractivity contribution is 5.95. The third kappa shape index (κ3) is 3.91. The molecule has 1 unspecified atom stereocenters. The topological polar surface area (TPSA) is 95.7 Å². The fraction of sp³-hybridized carbons (Fsp3) is 0.500. The number of nitrogens with one attached hydrogen (secondary N) is 1. The molecule has 1 aliphatic rings. The third-order valence-electron chi connectivity index (χ3n) is 3.75. The second kappa shape index (κ2) is 6.53. The number of benzene rings is 1. The summed E-state index contributed by atoms with van der Waals surface area (Å²) in [6.07, 6.45) is 2.24. The average Bonchev–Trinajstić information content (AvgIpc) is 2.44. The Hall–Kier alpha value is -2.15. The highest BCUT2D eigenvalue weighted by Crippen LogP contribution is 2.23. The zero-order valence-electron chi connectivity index (χ0n) is 11.9. The van der Waals surface area contributed by atoms with E-state index in [0.29, 0.717) is 18.2 Å². The van der Waals surface area contributed by atoms with Crippen LogP contribution in [0.4, 0.5) is 11.4 Å². The molecule has 2 rings (SSSR count). The second-order valence-electron chi connectivity index (χ2n) is 5.44. The van der Waals surface area contributed by atoms with Gasteiger partial charge in [0.15, 0.2) is 0 Å². The monoisotopic (exact) mass is 293 g/mol. The number of nitro groups is 1. The molecule has 2 N–H and O–H groups in total. The normalized spacial score (nSPS) is 19.2. The summed E-state index contributed by atoms with van der Waals surface area (Å²) in [6.45, 7) is 2.74. The Morgan fingerprint density at radius 2 is 2.33 bits per heavy atom. The molecule has 114 valence electrons. The summed E-state index contributed by atoms with van der Waals surface area (Å²) in [5.41, 5.74) is 0.157. The number of nitro benzene ring substituents is 1. The van der Waals surface area contributed by atoms with Crippen LogP contribution in [-0.2, 0) is 0 Å². The number of carboxylic acids is 1. The van der Waals surface area contributed by atoms with Gasteiger partial charge in [0, 0.05) is 30.9 Å². The number of nitrogens with zero attached hydrogens (tertiary/aromatic N) is 2. The van der Waals surface area contributed by atoms with E-state index in [4.69, 9.17) is 0 Å². The maximum Gasteiger partial charge on any atom is 0.338 e. The third-order valence-corrected chi connectivity index (χ3v) is 3.75. The van der Waals surface area contributed by atoms with Gasteiger partial charge < -0.3 is 15.3 Å². The lowest BCUT2D eigenvalue weighted by Crippen LogP contribution is -2.35. The first kappa shape index (κ1) is 15.2. The highest BCUT2D eigenvalue weighted by Gasteiger charge is 2.19. The van der Waals surface area contributed by atoms with Crippen molar-refractivity contribution in [3.8, 4) is 0 Å². The Morgan fingerprint density at radius 3 is 2.95 bits per heavy atom. The van der Waals surface area contributed by atoms with E-state index in [0.717, 1.165) is 32.0 Å². The molecule has 1 aromatic rings. The molecule has 7 nitrogen and oxygen atoms in total.